The zero-order chi connectivity index (χ0) is 21.0. The second-order valence-corrected chi connectivity index (χ2v) is 7.90. The van der Waals surface area contributed by atoms with E-state index in [0.29, 0.717) is 11.4 Å². The van der Waals surface area contributed by atoms with Crippen molar-refractivity contribution in [2.45, 2.75) is 0 Å². The normalized spacial score (nSPS) is 10.8. The lowest BCUT2D eigenvalue weighted by atomic mass is 10.1. The molecule has 1 N–H and O–H groups in total. The molecule has 0 saturated heterocycles. The Morgan fingerprint density at radius 1 is 0.935 bits per heavy atom. The van der Waals surface area contributed by atoms with Gasteiger partial charge in [-0.15, -0.1) is 11.3 Å². The van der Waals surface area contributed by atoms with E-state index in [1.807, 2.05) is 88.9 Å². The van der Waals surface area contributed by atoms with Gasteiger partial charge in [0.2, 0.25) is 0 Å². The van der Waals surface area contributed by atoms with E-state index in [0.717, 1.165) is 27.3 Å². The van der Waals surface area contributed by atoms with Crippen LogP contribution in [0.1, 0.15) is 0 Å². The highest BCUT2D eigenvalue weighted by atomic mass is 32.1. The Morgan fingerprint density at radius 3 is 2.52 bits per heavy atom. The highest BCUT2D eigenvalue weighted by Gasteiger charge is 2.08. The minimum absolute atomic E-state index is 0.0604. The van der Waals surface area contributed by atoms with Gasteiger partial charge in [0, 0.05) is 29.0 Å². The summed E-state index contributed by atoms with van der Waals surface area (Å²) in [5, 5.41) is 4.89. The van der Waals surface area contributed by atoms with E-state index in [9.17, 15) is 4.79 Å². The van der Waals surface area contributed by atoms with Crippen molar-refractivity contribution < 1.29 is 9.53 Å². The number of benzene rings is 3. The van der Waals surface area contributed by atoms with Crippen LogP contribution in [-0.4, -0.2) is 21.9 Å². The monoisotopic (exact) mass is 425 g/mol. The number of imidazole rings is 1. The summed E-state index contributed by atoms with van der Waals surface area (Å²) >= 11 is 1.59. The molecule has 3 aromatic carbocycles. The molecule has 0 radical (unpaired) electrons. The number of rotatable bonds is 6. The van der Waals surface area contributed by atoms with E-state index >= 15 is 0 Å². The van der Waals surface area contributed by atoms with Crippen LogP contribution in [0.5, 0.6) is 5.75 Å². The number of carbonyl (C=O) groups is 1. The Kier molecular flexibility index (Phi) is 5.21. The summed E-state index contributed by atoms with van der Waals surface area (Å²) in [4.78, 5) is 17.9. The van der Waals surface area contributed by atoms with Crippen LogP contribution in [0.4, 0.5) is 5.69 Å². The molecule has 0 bridgehead atoms. The number of aromatic nitrogens is 2. The molecule has 2 heterocycles. The van der Waals surface area contributed by atoms with Crippen molar-refractivity contribution in [3.05, 3.63) is 96.6 Å². The third kappa shape index (κ3) is 4.34. The van der Waals surface area contributed by atoms with Gasteiger partial charge in [0.15, 0.2) is 11.6 Å². The molecule has 1 amide bonds. The summed E-state index contributed by atoms with van der Waals surface area (Å²) < 4.78 is 7.64. The highest BCUT2D eigenvalue weighted by molar-refractivity contribution is 7.15. The van der Waals surface area contributed by atoms with Crippen LogP contribution < -0.4 is 10.1 Å². The molecule has 0 atom stereocenters. The molecule has 5 nitrogen and oxygen atoms in total. The molecule has 6 heteroatoms. The highest BCUT2D eigenvalue weighted by Crippen LogP contribution is 2.24. The number of anilines is 1. The van der Waals surface area contributed by atoms with Crippen molar-refractivity contribution >= 4 is 27.9 Å². The number of ether oxygens (including phenoxy) is 1. The second kappa shape index (κ2) is 8.45. The molecule has 2 aromatic heterocycles. The number of nitrogens with zero attached hydrogens (tertiary/aromatic N) is 2. The number of fused-ring (bicyclic) bond motifs is 1. The standard InChI is InChI=1S/C25H19N3O2S/c29-24(17-30-22-11-9-19(10-12-22)18-5-2-1-3-6-18)26-21-8-4-7-20(15-21)23-16-28-13-14-31-25(28)27-23/h1-16H,17H2,(H,26,29). The summed E-state index contributed by atoms with van der Waals surface area (Å²) in [5.41, 5.74) is 4.78. The van der Waals surface area contributed by atoms with Crippen molar-refractivity contribution in [2.75, 3.05) is 11.9 Å². The molecule has 152 valence electrons. The van der Waals surface area contributed by atoms with E-state index in [4.69, 9.17) is 4.74 Å². The molecule has 0 fully saturated rings. The smallest absolute Gasteiger partial charge is 0.262 e. The van der Waals surface area contributed by atoms with Crippen LogP contribution in [0.2, 0.25) is 0 Å². The molecule has 0 spiro atoms. The molecular weight excluding hydrogens is 406 g/mol. The van der Waals surface area contributed by atoms with Gasteiger partial charge in [0.05, 0.1) is 5.69 Å². The average molecular weight is 426 g/mol. The number of thiazole rings is 1. The third-order valence-corrected chi connectivity index (χ3v) is 5.64. The van der Waals surface area contributed by atoms with Gasteiger partial charge < -0.3 is 10.1 Å². The third-order valence-electron chi connectivity index (χ3n) is 4.87. The first-order chi connectivity index (χ1) is 15.2. The predicted octanol–water partition coefficient (Wildman–Crippen LogP) is 5.75. The molecule has 0 aliphatic rings. The van der Waals surface area contributed by atoms with Crippen molar-refractivity contribution in [1.29, 1.82) is 0 Å². The summed E-state index contributed by atoms with van der Waals surface area (Å²) in [6.45, 7) is -0.0604. The van der Waals surface area contributed by atoms with Gasteiger partial charge >= 0.3 is 0 Å². The van der Waals surface area contributed by atoms with Gasteiger partial charge in [-0.1, -0.05) is 54.6 Å². The van der Waals surface area contributed by atoms with Gasteiger partial charge in [-0.05, 0) is 35.4 Å². The van der Waals surface area contributed by atoms with Crippen LogP contribution in [0.3, 0.4) is 0 Å². The Labute approximate surface area is 183 Å². The summed E-state index contributed by atoms with van der Waals surface area (Å²) in [6, 6.07) is 25.5. The zero-order valence-electron chi connectivity index (χ0n) is 16.6. The maximum absolute atomic E-state index is 12.4. The average Bonchev–Trinajstić information content (AvgIpc) is 3.42. The van der Waals surface area contributed by atoms with E-state index in [1.54, 1.807) is 11.3 Å². The van der Waals surface area contributed by atoms with Gasteiger partial charge in [-0.3, -0.25) is 9.20 Å². The predicted molar refractivity (Wildman–Crippen MR) is 125 cm³/mol. The van der Waals surface area contributed by atoms with Crippen LogP contribution in [-0.2, 0) is 4.79 Å². The first-order valence-corrected chi connectivity index (χ1v) is 10.7. The Morgan fingerprint density at radius 2 is 1.71 bits per heavy atom. The van der Waals surface area contributed by atoms with Crippen molar-refractivity contribution in [2.24, 2.45) is 0 Å². The van der Waals surface area contributed by atoms with Crippen molar-refractivity contribution in [3.63, 3.8) is 0 Å². The van der Waals surface area contributed by atoms with E-state index in [-0.39, 0.29) is 12.5 Å². The maximum Gasteiger partial charge on any atom is 0.262 e. The van der Waals surface area contributed by atoms with Crippen LogP contribution in [0, 0.1) is 0 Å². The molecule has 0 aliphatic carbocycles. The molecule has 5 aromatic rings. The topological polar surface area (TPSA) is 55.6 Å². The van der Waals surface area contributed by atoms with Gasteiger partial charge in [0.1, 0.15) is 5.75 Å². The fourth-order valence-corrected chi connectivity index (χ4v) is 4.04. The molecule has 0 aliphatic heterocycles. The number of nitrogens with one attached hydrogen (secondary N) is 1. The van der Waals surface area contributed by atoms with E-state index in [1.165, 1.54) is 0 Å². The number of hydrogen-bond acceptors (Lipinski definition) is 4. The number of carbonyl (C=O) groups excluding carboxylic acids is 1. The molecule has 31 heavy (non-hydrogen) atoms. The number of hydrogen-bond donors (Lipinski definition) is 1. The Balaban J connectivity index is 1.20. The second-order valence-electron chi connectivity index (χ2n) is 7.03. The number of amides is 1. The molecule has 0 saturated carbocycles. The van der Waals surface area contributed by atoms with Crippen LogP contribution in [0.15, 0.2) is 96.6 Å². The van der Waals surface area contributed by atoms with Gasteiger partial charge in [-0.2, -0.15) is 0 Å². The quantitative estimate of drug-likeness (QED) is 0.377. The maximum atomic E-state index is 12.4. The minimum Gasteiger partial charge on any atom is -0.484 e. The molecular formula is C25H19N3O2S. The SMILES string of the molecule is O=C(COc1ccc(-c2ccccc2)cc1)Nc1cccc(-c2cn3ccsc3n2)c1. The Hall–Kier alpha value is -3.90. The van der Waals surface area contributed by atoms with Gasteiger partial charge in [-0.25, -0.2) is 4.98 Å². The van der Waals surface area contributed by atoms with E-state index in [2.05, 4.69) is 22.4 Å². The largest absolute Gasteiger partial charge is 0.484 e. The lowest BCUT2D eigenvalue weighted by Crippen LogP contribution is -2.20. The zero-order valence-corrected chi connectivity index (χ0v) is 17.4. The van der Waals surface area contributed by atoms with Crippen LogP contribution >= 0.6 is 11.3 Å². The first kappa shape index (κ1) is 19.1. The van der Waals surface area contributed by atoms with Crippen LogP contribution in [0.25, 0.3) is 27.3 Å². The Bertz CT molecular complexity index is 1300. The lowest BCUT2D eigenvalue weighted by molar-refractivity contribution is -0.118. The first-order valence-electron chi connectivity index (χ1n) is 9.85. The van der Waals surface area contributed by atoms with E-state index < -0.39 is 0 Å². The minimum atomic E-state index is -0.213. The van der Waals surface area contributed by atoms with Crippen molar-refractivity contribution in [3.8, 4) is 28.1 Å². The van der Waals surface area contributed by atoms with Gasteiger partial charge in [0.25, 0.3) is 5.91 Å². The lowest BCUT2D eigenvalue weighted by Gasteiger charge is -2.09. The summed E-state index contributed by atoms with van der Waals surface area (Å²) in [5.74, 6) is 0.441. The van der Waals surface area contributed by atoms with Crippen molar-refractivity contribution in [1.82, 2.24) is 9.38 Å². The summed E-state index contributed by atoms with van der Waals surface area (Å²) in [7, 11) is 0. The summed E-state index contributed by atoms with van der Waals surface area (Å²) in [6.07, 6.45) is 3.96. The fraction of sp³-hybridized carbons (Fsp3) is 0.0400. The molecule has 5 rings (SSSR count). The molecule has 0 unspecified atom stereocenters. The fourth-order valence-electron chi connectivity index (χ4n) is 3.34.